The number of hydrogen-bond acceptors (Lipinski definition) is 5. The van der Waals surface area contributed by atoms with Crippen LogP contribution in [-0.2, 0) is 4.79 Å². The summed E-state index contributed by atoms with van der Waals surface area (Å²) in [4.78, 5) is 25.1. The summed E-state index contributed by atoms with van der Waals surface area (Å²) in [5.74, 6) is 1.53. The zero-order chi connectivity index (χ0) is 21.3. The maximum absolute atomic E-state index is 11.4. The van der Waals surface area contributed by atoms with E-state index in [0.717, 1.165) is 83.3 Å². The minimum atomic E-state index is -0.172. The van der Waals surface area contributed by atoms with Crippen LogP contribution < -0.4 is 21.3 Å². The number of primary amides is 1. The van der Waals surface area contributed by atoms with Crippen molar-refractivity contribution in [2.75, 3.05) is 50.7 Å². The van der Waals surface area contributed by atoms with Crippen molar-refractivity contribution in [3.63, 3.8) is 0 Å². The Labute approximate surface area is 184 Å². The van der Waals surface area contributed by atoms with Crippen LogP contribution in [0.4, 0.5) is 5.82 Å². The molecule has 2 atom stereocenters. The maximum atomic E-state index is 11.4. The molecule has 8 nitrogen and oxygen atoms in total. The molecule has 30 heavy (non-hydrogen) atoms. The predicted molar refractivity (Wildman–Crippen MR) is 122 cm³/mol. The molecule has 2 aliphatic heterocycles. The van der Waals surface area contributed by atoms with E-state index in [1.165, 1.54) is 0 Å². The average molecular weight is 436 g/mol. The zero-order valence-corrected chi connectivity index (χ0v) is 18.6. The van der Waals surface area contributed by atoms with E-state index in [1.807, 2.05) is 12.1 Å². The van der Waals surface area contributed by atoms with Gasteiger partial charge in [-0.3, -0.25) is 9.79 Å². The molecule has 2 saturated heterocycles. The molecule has 0 aliphatic carbocycles. The zero-order valence-electron chi connectivity index (χ0n) is 17.8. The third-order valence-electron chi connectivity index (χ3n) is 5.72. The molecule has 0 saturated carbocycles. The molecule has 0 bridgehead atoms. The molecule has 4 N–H and O–H groups in total. The first-order valence-electron chi connectivity index (χ1n) is 11.0. The lowest BCUT2D eigenvalue weighted by molar-refractivity contribution is -0.123. The number of nitrogens with two attached hydrogens (primary N) is 1. The van der Waals surface area contributed by atoms with E-state index in [1.54, 1.807) is 6.20 Å². The smallest absolute Gasteiger partial charge is 0.221 e. The fourth-order valence-electron chi connectivity index (χ4n) is 4.17. The number of rotatable bonds is 8. The number of amides is 1. The van der Waals surface area contributed by atoms with E-state index < -0.39 is 0 Å². The van der Waals surface area contributed by atoms with Gasteiger partial charge in [0.25, 0.3) is 0 Å². The first-order valence-corrected chi connectivity index (χ1v) is 11.4. The molecule has 0 spiro atoms. The number of anilines is 1. The number of aromatic nitrogens is 1. The molecule has 0 radical (unpaired) electrons. The standard InChI is InChI=1S/C21H34ClN7O/c1-2-24-21(26-10-5-12-28-11-4-6-16(14-28)19(23)30)27-17-8-13-29(15-17)20-18(22)7-3-9-25-20/h3,7,9,16-17H,2,4-6,8,10-15H2,1H3,(H2,23,30)(H2,24,26,27). The van der Waals surface area contributed by atoms with Gasteiger partial charge in [-0.15, -0.1) is 0 Å². The summed E-state index contributed by atoms with van der Waals surface area (Å²) in [6.45, 7) is 8.18. The van der Waals surface area contributed by atoms with Gasteiger partial charge in [0, 0.05) is 45.0 Å². The SMILES string of the molecule is CCNC(=NCCCN1CCCC(C(N)=O)C1)NC1CCN(c2ncccc2Cl)C1. The first-order chi connectivity index (χ1) is 14.6. The van der Waals surface area contributed by atoms with Crippen molar-refractivity contribution in [1.29, 1.82) is 0 Å². The Morgan fingerprint density at radius 2 is 2.23 bits per heavy atom. The molecule has 1 aromatic rings. The normalized spacial score (nSPS) is 22.9. The summed E-state index contributed by atoms with van der Waals surface area (Å²) in [5.41, 5.74) is 5.47. The summed E-state index contributed by atoms with van der Waals surface area (Å²) in [5, 5.41) is 7.58. The topological polar surface area (TPSA) is 98.9 Å². The molecular weight excluding hydrogens is 402 g/mol. The third-order valence-corrected chi connectivity index (χ3v) is 6.02. The molecular formula is C21H34ClN7O. The van der Waals surface area contributed by atoms with Crippen molar-refractivity contribution in [3.05, 3.63) is 23.4 Å². The van der Waals surface area contributed by atoms with Gasteiger partial charge in [-0.05, 0) is 57.8 Å². The lowest BCUT2D eigenvalue weighted by atomic mass is 9.97. The van der Waals surface area contributed by atoms with Crippen LogP contribution >= 0.6 is 11.6 Å². The van der Waals surface area contributed by atoms with Crippen molar-refractivity contribution in [1.82, 2.24) is 20.5 Å². The van der Waals surface area contributed by atoms with E-state index in [2.05, 4.69) is 32.3 Å². The summed E-state index contributed by atoms with van der Waals surface area (Å²) >= 11 is 6.29. The Hall–Kier alpha value is -2.06. The maximum Gasteiger partial charge on any atom is 0.221 e. The van der Waals surface area contributed by atoms with Crippen LogP contribution in [0.1, 0.15) is 32.6 Å². The van der Waals surface area contributed by atoms with Gasteiger partial charge in [0.05, 0.1) is 10.9 Å². The van der Waals surface area contributed by atoms with E-state index in [9.17, 15) is 4.79 Å². The van der Waals surface area contributed by atoms with Crippen molar-refractivity contribution in [2.24, 2.45) is 16.6 Å². The van der Waals surface area contributed by atoms with E-state index in [4.69, 9.17) is 22.3 Å². The van der Waals surface area contributed by atoms with Gasteiger partial charge in [-0.1, -0.05) is 11.6 Å². The highest BCUT2D eigenvalue weighted by Gasteiger charge is 2.26. The first kappa shape index (κ1) is 22.6. The largest absolute Gasteiger partial charge is 0.369 e. The van der Waals surface area contributed by atoms with Crippen molar-refractivity contribution >= 4 is 29.3 Å². The highest BCUT2D eigenvalue weighted by molar-refractivity contribution is 6.32. The lowest BCUT2D eigenvalue weighted by Gasteiger charge is -2.30. The number of likely N-dealkylation sites (tertiary alicyclic amines) is 1. The number of guanidine groups is 1. The number of piperidine rings is 1. The van der Waals surface area contributed by atoms with Crippen LogP contribution in [0.3, 0.4) is 0 Å². The monoisotopic (exact) mass is 435 g/mol. The Balaban J connectivity index is 1.44. The van der Waals surface area contributed by atoms with Crippen LogP contribution in [0.15, 0.2) is 23.3 Å². The molecule has 1 amide bonds. The van der Waals surface area contributed by atoms with Crippen LogP contribution in [0.2, 0.25) is 5.02 Å². The molecule has 2 unspecified atom stereocenters. The van der Waals surface area contributed by atoms with E-state index in [-0.39, 0.29) is 11.8 Å². The number of nitrogens with zero attached hydrogens (tertiary/aromatic N) is 4. The van der Waals surface area contributed by atoms with Crippen molar-refractivity contribution in [3.8, 4) is 0 Å². The second-order valence-electron chi connectivity index (χ2n) is 8.04. The van der Waals surface area contributed by atoms with Gasteiger partial charge in [0.1, 0.15) is 5.82 Å². The predicted octanol–water partition coefficient (Wildman–Crippen LogP) is 1.46. The van der Waals surface area contributed by atoms with Gasteiger partial charge in [0.15, 0.2) is 5.96 Å². The second kappa shape index (κ2) is 11.4. The lowest BCUT2D eigenvalue weighted by Crippen LogP contribution is -2.45. The van der Waals surface area contributed by atoms with Gasteiger partial charge >= 0.3 is 0 Å². The van der Waals surface area contributed by atoms with Crippen molar-refractivity contribution in [2.45, 2.75) is 38.6 Å². The number of carbonyl (C=O) groups excluding carboxylic acids is 1. The highest BCUT2D eigenvalue weighted by Crippen LogP contribution is 2.25. The van der Waals surface area contributed by atoms with Crippen LogP contribution in [0, 0.1) is 5.92 Å². The minimum absolute atomic E-state index is 0.000780. The summed E-state index contributed by atoms with van der Waals surface area (Å²) < 4.78 is 0. The number of aliphatic imine (C=N–C) groups is 1. The number of pyridine rings is 1. The molecule has 166 valence electrons. The molecule has 3 rings (SSSR count). The summed E-state index contributed by atoms with van der Waals surface area (Å²) in [6.07, 6.45) is 5.71. The Kier molecular flexibility index (Phi) is 8.57. The van der Waals surface area contributed by atoms with Gasteiger partial charge < -0.3 is 26.2 Å². The Morgan fingerprint density at radius 1 is 1.37 bits per heavy atom. The quantitative estimate of drug-likeness (QED) is 0.325. The molecule has 9 heteroatoms. The molecule has 2 aliphatic rings. The van der Waals surface area contributed by atoms with E-state index >= 15 is 0 Å². The number of nitrogens with one attached hydrogen (secondary N) is 2. The number of hydrogen-bond donors (Lipinski definition) is 3. The molecule has 1 aromatic heterocycles. The fraction of sp³-hybridized carbons (Fsp3) is 0.667. The average Bonchev–Trinajstić information content (AvgIpc) is 3.20. The van der Waals surface area contributed by atoms with Crippen LogP contribution in [-0.4, -0.2) is 73.6 Å². The molecule has 0 aromatic carbocycles. The van der Waals surface area contributed by atoms with Gasteiger partial charge in [-0.25, -0.2) is 4.98 Å². The Bertz CT molecular complexity index is 729. The van der Waals surface area contributed by atoms with Gasteiger partial charge in [0.2, 0.25) is 5.91 Å². The molecule has 3 heterocycles. The summed E-state index contributed by atoms with van der Waals surface area (Å²) in [6, 6.07) is 4.04. The highest BCUT2D eigenvalue weighted by atomic mass is 35.5. The van der Waals surface area contributed by atoms with Crippen molar-refractivity contribution < 1.29 is 4.79 Å². The van der Waals surface area contributed by atoms with Crippen LogP contribution in [0.25, 0.3) is 0 Å². The third kappa shape index (κ3) is 6.47. The Morgan fingerprint density at radius 3 is 3.00 bits per heavy atom. The molecule has 2 fully saturated rings. The summed E-state index contributed by atoms with van der Waals surface area (Å²) in [7, 11) is 0. The second-order valence-corrected chi connectivity index (χ2v) is 8.45. The van der Waals surface area contributed by atoms with Crippen LogP contribution in [0.5, 0.6) is 0 Å². The van der Waals surface area contributed by atoms with E-state index in [0.29, 0.717) is 11.1 Å². The minimum Gasteiger partial charge on any atom is -0.369 e. The fourth-order valence-corrected chi connectivity index (χ4v) is 4.41. The van der Waals surface area contributed by atoms with Gasteiger partial charge in [-0.2, -0.15) is 0 Å². The number of carbonyl (C=O) groups is 1. The number of halogens is 1.